The molecule has 0 saturated heterocycles. The number of hydrogen-bond donors (Lipinski definition) is 1. The molecule has 0 aromatic heterocycles. The fourth-order valence-electron chi connectivity index (χ4n) is 2.88. The van der Waals surface area contributed by atoms with Crippen molar-refractivity contribution in [1.82, 2.24) is 0 Å². The molecule has 1 saturated carbocycles. The van der Waals surface area contributed by atoms with Crippen molar-refractivity contribution in [1.29, 1.82) is 0 Å². The van der Waals surface area contributed by atoms with Gasteiger partial charge in [0.05, 0.1) is 11.1 Å². The van der Waals surface area contributed by atoms with Gasteiger partial charge in [-0.1, -0.05) is 25.3 Å². The third-order valence-corrected chi connectivity index (χ3v) is 4.00. The van der Waals surface area contributed by atoms with Crippen LogP contribution in [0.4, 0.5) is 10.1 Å². The van der Waals surface area contributed by atoms with E-state index in [-0.39, 0.29) is 18.3 Å². The topological polar surface area (TPSA) is 38.3 Å². The van der Waals surface area contributed by atoms with Crippen LogP contribution in [0.1, 0.15) is 32.1 Å². The van der Waals surface area contributed by atoms with E-state index in [1.807, 2.05) is 0 Å². The van der Waals surface area contributed by atoms with Crippen LogP contribution in [-0.2, 0) is 4.79 Å². The zero-order valence-electron chi connectivity index (χ0n) is 10.2. The van der Waals surface area contributed by atoms with Gasteiger partial charge in [-0.25, -0.2) is 4.39 Å². The van der Waals surface area contributed by atoms with Crippen LogP contribution in [0.3, 0.4) is 0 Å². The Morgan fingerprint density at radius 2 is 2.00 bits per heavy atom. The van der Waals surface area contributed by atoms with Crippen molar-refractivity contribution >= 4 is 11.6 Å². The standard InChI is InChI=1S/C14H16FNO2/c15-10-5-4-6-11-12(10)18-9-14(13(17)16-11)7-2-1-3-8-14/h4-6H,1-3,7-9H2,(H,16,17). The van der Waals surface area contributed by atoms with Crippen molar-refractivity contribution in [2.24, 2.45) is 5.41 Å². The van der Waals surface area contributed by atoms with Gasteiger partial charge in [-0.2, -0.15) is 0 Å². The first-order chi connectivity index (χ1) is 8.71. The van der Waals surface area contributed by atoms with Gasteiger partial charge >= 0.3 is 0 Å². The summed E-state index contributed by atoms with van der Waals surface area (Å²) in [6.07, 6.45) is 4.89. The third-order valence-electron chi connectivity index (χ3n) is 4.00. The summed E-state index contributed by atoms with van der Waals surface area (Å²) in [7, 11) is 0. The number of para-hydroxylation sites is 1. The highest BCUT2D eigenvalue weighted by Crippen LogP contribution is 2.42. The lowest BCUT2D eigenvalue weighted by Crippen LogP contribution is -2.41. The second-order valence-corrected chi connectivity index (χ2v) is 5.20. The maximum Gasteiger partial charge on any atom is 0.234 e. The monoisotopic (exact) mass is 249 g/mol. The van der Waals surface area contributed by atoms with E-state index < -0.39 is 11.2 Å². The maximum atomic E-state index is 13.7. The van der Waals surface area contributed by atoms with Gasteiger partial charge in [-0.3, -0.25) is 4.79 Å². The Hall–Kier alpha value is -1.58. The van der Waals surface area contributed by atoms with E-state index >= 15 is 0 Å². The Labute approximate surface area is 105 Å². The second kappa shape index (κ2) is 4.26. The van der Waals surface area contributed by atoms with E-state index in [2.05, 4.69) is 5.32 Å². The van der Waals surface area contributed by atoms with E-state index in [1.54, 1.807) is 12.1 Å². The number of halogens is 1. The minimum atomic E-state index is -0.469. The highest BCUT2D eigenvalue weighted by Gasteiger charge is 2.42. The summed E-state index contributed by atoms with van der Waals surface area (Å²) in [5, 5.41) is 2.82. The molecule has 1 aromatic carbocycles. The van der Waals surface area contributed by atoms with Gasteiger partial charge in [-0.15, -0.1) is 0 Å². The maximum absolute atomic E-state index is 13.7. The van der Waals surface area contributed by atoms with Gasteiger partial charge in [0, 0.05) is 0 Å². The smallest absolute Gasteiger partial charge is 0.234 e. The number of amides is 1. The van der Waals surface area contributed by atoms with Crippen LogP contribution >= 0.6 is 0 Å². The number of carbonyl (C=O) groups is 1. The van der Waals surface area contributed by atoms with Crippen LogP contribution in [0.15, 0.2) is 18.2 Å². The summed E-state index contributed by atoms with van der Waals surface area (Å²) in [6, 6.07) is 4.61. The fraction of sp³-hybridized carbons (Fsp3) is 0.500. The predicted molar refractivity (Wildman–Crippen MR) is 66.0 cm³/mol. The number of rotatable bonds is 0. The summed E-state index contributed by atoms with van der Waals surface area (Å²) in [6.45, 7) is 0.284. The largest absolute Gasteiger partial charge is 0.487 e. The van der Waals surface area contributed by atoms with E-state index in [0.29, 0.717) is 5.69 Å². The first-order valence-corrected chi connectivity index (χ1v) is 6.44. The fourth-order valence-corrected chi connectivity index (χ4v) is 2.88. The average Bonchev–Trinajstić information content (AvgIpc) is 2.51. The Morgan fingerprint density at radius 3 is 2.78 bits per heavy atom. The van der Waals surface area contributed by atoms with Gasteiger partial charge in [0.15, 0.2) is 11.6 Å². The molecular weight excluding hydrogens is 233 g/mol. The molecule has 1 aliphatic carbocycles. The lowest BCUT2D eigenvalue weighted by Gasteiger charge is -2.33. The summed E-state index contributed by atoms with van der Waals surface area (Å²) in [5.74, 6) is -0.263. The van der Waals surface area contributed by atoms with Crippen LogP contribution in [0.25, 0.3) is 0 Å². The van der Waals surface area contributed by atoms with Crippen molar-refractivity contribution in [3.8, 4) is 5.75 Å². The number of carbonyl (C=O) groups excluding carboxylic acids is 1. The van der Waals surface area contributed by atoms with Gasteiger partial charge in [0.2, 0.25) is 5.91 Å². The third kappa shape index (κ3) is 1.76. The predicted octanol–water partition coefficient (Wildman–Crippen LogP) is 3.11. The van der Waals surface area contributed by atoms with Crippen LogP contribution in [0, 0.1) is 11.2 Å². The second-order valence-electron chi connectivity index (χ2n) is 5.20. The van der Waals surface area contributed by atoms with Crippen LogP contribution < -0.4 is 10.1 Å². The number of fused-ring (bicyclic) bond motifs is 1. The summed E-state index contributed by atoms with van der Waals surface area (Å²) in [4.78, 5) is 12.4. The molecule has 4 heteroatoms. The van der Waals surface area contributed by atoms with E-state index in [0.717, 1.165) is 32.1 Å². The number of nitrogens with one attached hydrogen (secondary N) is 1. The average molecular weight is 249 g/mol. The SMILES string of the molecule is O=C1Nc2cccc(F)c2OCC12CCCCC2. The molecule has 1 fully saturated rings. The Morgan fingerprint density at radius 1 is 1.22 bits per heavy atom. The molecule has 96 valence electrons. The molecule has 18 heavy (non-hydrogen) atoms. The van der Waals surface area contributed by atoms with Crippen LogP contribution in [-0.4, -0.2) is 12.5 Å². The number of benzene rings is 1. The highest BCUT2D eigenvalue weighted by atomic mass is 19.1. The Balaban J connectivity index is 1.95. The highest BCUT2D eigenvalue weighted by molar-refractivity contribution is 5.97. The van der Waals surface area contributed by atoms with E-state index in [1.165, 1.54) is 6.07 Å². The molecule has 0 bridgehead atoms. The minimum absolute atomic E-state index is 0.0217. The van der Waals surface area contributed by atoms with Gasteiger partial charge in [-0.05, 0) is 25.0 Å². The summed E-state index contributed by atoms with van der Waals surface area (Å²) >= 11 is 0. The molecular formula is C14H16FNO2. The normalized spacial score (nSPS) is 21.7. The zero-order valence-corrected chi connectivity index (χ0v) is 10.2. The number of anilines is 1. The van der Waals surface area contributed by atoms with Gasteiger partial charge in [0.25, 0.3) is 0 Å². The molecule has 0 unspecified atom stereocenters. The summed E-state index contributed by atoms with van der Waals surface area (Å²) in [5.41, 5.74) is -0.0218. The Bertz CT molecular complexity index is 481. The van der Waals surface area contributed by atoms with Gasteiger partial charge in [0.1, 0.15) is 6.61 Å². The minimum Gasteiger partial charge on any atom is -0.487 e. The van der Waals surface area contributed by atoms with Crippen molar-refractivity contribution in [3.63, 3.8) is 0 Å². The molecule has 3 rings (SSSR count). The van der Waals surface area contributed by atoms with Crippen molar-refractivity contribution in [2.45, 2.75) is 32.1 Å². The molecule has 1 spiro atoms. The Kier molecular flexibility index (Phi) is 2.73. The molecule has 1 aromatic rings. The lowest BCUT2D eigenvalue weighted by molar-refractivity contribution is -0.129. The molecule has 1 aliphatic heterocycles. The molecule has 1 amide bonds. The number of hydrogen-bond acceptors (Lipinski definition) is 2. The molecule has 0 atom stereocenters. The van der Waals surface area contributed by atoms with Gasteiger partial charge < -0.3 is 10.1 Å². The first kappa shape index (κ1) is 11.5. The van der Waals surface area contributed by atoms with Crippen molar-refractivity contribution < 1.29 is 13.9 Å². The molecule has 1 heterocycles. The molecule has 1 N–H and O–H groups in total. The van der Waals surface area contributed by atoms with E-state index in [4.69, 9.17) is 4.74 Å². The number of ether oxygens (including phenoxy) is 1. The first-order valence-electron chi connectivity index (χ1n) is 6.44. The van der Waals surface area contributed by atoms with Crippen molar-refractivity contribution in [2.75, 3.05) is 11.9 Å². The van der Waals surface area contributed by atoms with E-state index in [9.17, 15) is 9.18 Å². The zero-order chi connectivity index (χ0) is 12.6. The summed E-state index contributed by atoms with van der Waals surface area (Å²) < 4.78 is 19.2. The molecule has 2 aliphatic rings. The quantitative estimate of drug-likeness (QED) is 0.767. The van der Waals surface area contributed by atoms with Crippen LogP contribution in [0.2, 0.25) is 0 Å². The molecule has 3 nitrogen and oxygen atoms in total. The van der Waals surface area contributed by atoms with Crippen molar-refractivity contribution in [3.05, 3.63) is 24.0 Å². The molecule has 0 radical (unpaired) electrons. The lowest BCUT2D eigenvalue weighted by atomic mass is 9.74. The van der Waals surface area contributed by atoms with Crippen LogP contribution in [0.5, 0.6) is 5.75 Å².